The van der Waals surface area contributed by atoms with Crippen molar-refractivity contribution < 1.29 is 28.1 Å². The third kappa shape index (κ3) is 6.26. The average Bonchev–Trinajstić information content (AvgIpc) is 2.82. The van der Waals surface area contributed by atoms with Crippen LogP contribution in [0.2, 0.25) is 0 Å². The smallest absolute Gasteiger partial charge is 0.248 e. The highest BCUT2D eigenvalue weighted by molar-refractivity contribution is 9.10. The highest BCUT2D eigenvalue weighted by atomic mass is 79.9. The Hall–Kier alpha value is -3.52. The van der Waals surface area contributed by atoms with Crippen LogP contribution >= 0.6 is 15.9 Å². The van der Waals surface area contributed by atoms with Crippen LogP contribution in [0.4, 0.5) is 10.1 Å². The second kappa shape index (κ2) is 11.4. The molecule has 0 aliphatic carbocycles. The summed E-state index contributed by atoms with van der Waals surface area (Å²) < 4.78 is 36.1. The van der Waals surface area contributed by atoms with E-state index in [9.17, 15) is 9.18 Å². The van der Waals surface area contributed by atoms with Gasteiger partial charge in [0.1, 0.15) is 12.4 Å². The minimum Gasteiger partial charge on any atom is -0.493 e. The molecule has 0 aliphatic heterocycles. The number of ether oxygens (including phenoxy) is 4. The van der Waals surface area contributed by atoms with Gasteiger partial charge in [-0.25, -0.2) is 4.39 Å². The molecule has 3 rings (SSSR count). The fourth-order valence-corrected chi connectivity index (χ4v) is 3.59. The molecule has 0 saturated heterocycles. The Kier molecular flexibility index (Phi) is 8.32. The maximum Gasteiger partial charge on any atom is 0.248 e. The van der Waals surface area contributed by atoms with E-state index in [-0.39, 0.29) is 18.3 Å². The lowest BCUT2D eigenvalue weighted by atomic mass is 10.1. The fraction of sp³-hybridized carbons (Fsp3) is 0.160. The highest BCUT2D eigenvalue weighted by Gasteiger charge is 2.13. The number of hydrogen-bond donors (Lipinski definition) is 1. The van der Waals surface area contributed by atoms with Crippen molar-refractivity contribution >= 4 is 33.6 Å². The third-order valence-electron chi connectivity index (χ3n) is 4.66. The zero-order chi connectivity index (χ0) is 23.8. The summed E-state index contributed by atoms with van der Waals surface area (Å²) in [5, 5.41) is 2.77. The minimum atomic E-state index is -0.340. The molecule has 172 valence electrons. The van der Waals surface area contributed by atoms with E-state index >= 15 is 0 Å². The van der Waals surface area contributed by atoms with Crippen molar-refractivity contribution in [2.45, 2.75) is 6.61 Å². The lowest BCUT2D eigenvalue weighted by molar-refractivity contribution is -0.111. The lowest BCUT2D eigenvalue weighted by Gasteiger charge is -2.14. The number of amides is 1. The SMILES string of the molecule is COc1ccc(NC(=O)/C=C/c2cc(Br)c(OCc3ccccc3F)c(OC)c2)cc1OC. The van der Waals surface area contributed by atoms with Crippen molar-refractivity contribution in [2.75, 3.05) is 26.6 Å². The van der Waals surface area contributed by atoms with Gasteiger partial charge >= 0.3 is 0 Å². The van der Waals surface area contributed by atoms with E-state index in [0.29, 0.717) is 44.3 Å². The van der Waals surface area contributed by atoms with Crippen LogP contribution in [-0.4, -0.2) is 27.2 Å². The summed E-state index contributed by atoms with van der Waals surface area (Å²) in [5.41, 5.74) is 1.71. The van der Waals surface area contributed by atoms with Gasteiger partial charge in [0.25, 0.3) is 0 Å². The first-order valence-corrected chi connectivity index (χ1v) is 10.7. The number of rotatable bonds is 9. The Morgan fingerprint density at radius 2 is 1.70 bits per heavy atom. The van der Waals surface area contributed by atoms with Crippen LogP contribution in [-0.2, 0) is 11.4 Å². The topological polar surface area (TPSA) is 66.0 Å². The van der Waals surface area contributed by atoms with Gasteiger partial charge in [-0.2, -0.15) is 0 Å². The molecule has 0 heterocycles. The van der Waals surface area contributed by atoms with Crippen molar-refractivity contribution in [1.82, 2.24) is 0 Å². The van der Waals surface area contributed by atoms with Crippen LogP contribution in [0.3, 0.4) is 0 Å². The van der Waals surface area contributed by atoms with Gasteiger partial charge in [0.05, 0.1) is 25.8 Å². The van der Waals surface area contributed by atoms with E-state index in [2.05, 4.69) is 21.2 Å². The summed E-state index contributed by atoms with van der Waals surface area (Å²) in [6, 6.07) is 15.0. The monoisotopic (exact) mass is 515 g/mol. The Bertz CT molecular complexity index is 1170. The van der Waals surface area contributed by atoms with Crippen molar-refractivity contribution in [1.29, 1.82) is 0 Å². The van der Waals surface area contributed by atoms with E-state index in [1.807, 2.05) is 0 Å². The van der Waals surface area contributed by atoms with Gasteiger partial charge in [-0.3, -0.25) is 4.79 Å². The van der Waals surface area contributed by atoms with Gasteiger partial charge in [0.15, 0.2) is 23.0 Å². The zero-order valence-corrected chi connectivity index (χ0v) is 19.9. The van der Waals surface area contributed by atoms with E-state index in [4.69, 9.17) is 18.9 Å². The predicted octanol–water partition coefficient (Wildman–Crippen LogP) is 5.84. The molecule has 1 amide bonds. The summed E-state index contributed by atoms with van der Waals surface area (Å²) >= 11 is 3.46. The number of nitrogens with one attached hydrogen (secondary N) is 1. The molecule has 3 aromatic rings. The molecule has 0 radical (unpaired) electrons. The van der Waals surface area contributed by atoms with E-state index in [0.717, 1.165) is 0 Å². The van der Waals surface area contributed by atoms with Crippen LogP contribution in [0.5, 0.6) is 23.0 Å². The highest BCUT2D eigenvalue weighted by Crippen LogP contribution is 2.37. The maximum atomic E-state index is 13.9. The van der Waals surface area contributed by atoms with Crippen LogP contribution in [0, 0.1) is 5.82 Å². The Labute approximate surface area is 200 Å². The van der Waals surface area contributed by atoms with E-state index in [1.54, 1.807) is 61.7 Å². The number of anilines is 1. The normalized spacial score (nSPS) is 10.7. The number of carbonyl (C=O) groups excluding carboxylic acids is 1. The third-order valence-corrected chi connectivity index (χ3v) is 5.25. The number of methoxy groups -OCH3 is 3. The largest absolute Gasteiger partial charge is 0.493 e. The molecule has 0 aromatic heterocycles. The zero-order valence-electron chi connectivity index (χ0n) is 18.4. The van der Waals surface area contributed by atoms with Gasteiger partial charge < -0.3 is 24.3 Å². The standard InChI is InChI=1S/C25H23BrFNO5/c1-30-21-10-9-18(14-22(21)31-2)28-24(29)11-8-16-12-19(26)25(23(13-16)32-3)33-15-17-6-4-5-7-20(17)27/h4-14H,15H2,1-3H3,(H,28,29)/b11-8+. The molecular formula is C25H23BrFNO5. The number of carbonyl (C=O) groups is 1. The van der Waals surface area contributed by atoms with Crippen molar-refractivity contribution in [3.05, 3.63) is 82.1 Å². The van der Waals surface area contributed by atoms with Gasteiger partial charge in [-0.15, -0.1) is 0 Å². The van der Waals surface area contributed by atoms with Crippen LogP contribution in [0.1, 0.15) is 11.1 Å². The molecule has 8 heteroatoms. The minimum absolute atomic E-state index is 0.0462. The Balaban J connectivity index is 1.71. The van der Waals surface area contributed by atoms with Crippen molar-refractivity contribution in [3.63, 3.8) is 0 Å². The molecule has 0 saturated carbocycles. The quantitative estimate of drug-likeness (QED) is 0.362. The fourth-order valence-electron chi connectivity index (χ4n) is 3.01. The Morgan fingerprint density at radius 3 is 2.39 bits per heavy atom. The summed E-state index contributed by atoms with van der Waals surface area (Å²) in [6.45, 7) is 0.0462. The Morgan fingerprint density at radius 1 is 0.970 bits per heavy atom. The number of benzene rings is 3. The van der Waals surface area contributed by atoms with Crippen LogP contribution < -0.4 is 24.3 Å². The first-order chi connectivity index (χ1) is 15.9. The first kappa shape index (κ1) is 24.1. The van der Waals surface area contributed by atoms with Gasteiger partial charge in [-0.1, -0.05) is 18.2 Å². The van der Waals surface area contributed by atoms with Crippen molar-refractivity contribution in [2.24, 2.45) is 0 Å². The van der Waals surface area contributed by atoms with Gasteiger partial charge in [0, 0.05) is 23.4 Å². The van der Waals surface area contributed by atoms with Gasteiger partial charge in [-0.05, 0) is 57.9 Å². The lowest BCUT2D eigenvalue weighted by Crippen LogP contribution is -2.08. The van der Waals surface area contributed by atoms with E-state index < -0.39 is 0 Å². The predicted molar refractivity (Wildman–Crippen MR) is 129 cm³/mol. The molecule has 33 heavy (non-hydrogen) atoms. The molecule has 1 N–H and O–H groups in total. The summed E-state index contributed by atoms with van der Waals surface area (Å²) in [6.07, 6.45) is 3.04. The molecule has 0 bridgehead atoms. The maximum absolute atomic E-state index is 13.9. The number of hydrogen-bond acceptors (Lipinski definition) is 5. The molecule has 0 atom stereocenters. The molecule has 3 aromatic carbocycles. The van der Waals surface area contributed by atoms with Crippen LogP contribution in [0.15, 0.2) is 65.1 Å². The average molecular weight is 516 g/mol. The molecule has 0 spiro atoms. The first-order valence-electron chi connectivity index (χ1n) is 9.90. The second-order valence-electron chi connectivity index (χ2n) is 6.81. The summed E-state index contributed by atoms with van der Waals surface area (Å²) in [7, 11) is 4.58. The van der Waals surface area contributed by atoms with E-state index in [1.165, 1.54) is 26.4 Å². The molecular weight excluding hydrogens is 493 g/mol. The van der Waals surface area contributed by atoms with Crippen LogP contribution in [0.25, 0.3) is 6.08 Å². The van der Waals surface area contributed by atoms with Crippen molar-refractivity contribution in [3.8, 4) is 23.0 Å². The van der Waals surface area contributed by atoms with Gasteiger partial charge in [0.2, 0.25) is 5.91 Å². The molecule has 0 fully saturated rings. The number of halogens is 2. The molecule has 0 unspecified atom stereocenters. The summed E-state index contributed by atoms with van der Waals surface area (Å²) in [4.78, 5) is 12.4. The molecule has 6 nitrogen and oxygen atoms in total. The summed E-state index contributed by atoms with van der Waals surface area (Å²) in [5.74, 6) is 1.30. The second-order valence-corrected chi connectivity index (χ2v) is 7.66. The molecule has 0 aliphatic rings.